The minimum Gasteiger partial charge on any atom is -0.338 e. The van der Waals surface area contributed by atoms with Crippen molar-refractivity contribution < 1.29 is 9.59 Å². The van der Waals surface area contributed by atoms with Crippen molar-refractivity contribution in [1.82, 2.24) is 20.4 Å². The van der Waals surface area contributed by atoms with E-state index >= 15 is 0 Å². The number of hydrogen-bond acceptors (Lipinski definition) is 4. The van der Waals surface area contributed by atoms with E-state index in [-0.39, 0.29) is 11.9 Å². The molecule has 0 aromatic carbocycles. The largest absolute Gasteiger partial charge is 0.338 e. The molecule has 0 unspecified atom stereocenters. The van der Waals surface area contributed by atoms with E-state index in [1.165, 1.54) is 10.4 Å². The Morgan fingerprint density at radius 2 is 2.00 bits per heavy atom. The van der Waals surface area contributed by atoms with Gasteiger partial charge in [0, 0.05) is 44.0 Å². The van der Waals surface area contributed by atoms with Crippen molar-refractivity contribution in [3.8, 4) is 0 Å². The predicted molar refractivity (Wildman–Crippen MR) is 97.2 cm³/mol. The van der Waals surface area contributed by atoms with Crippen molar-refractivity contribution in [2.75, 3.05) is 39.3 Å². The Bertz CT molecular complexity index is 542. The molecule has 1 aliphatic heterocycles. The molecule has 0 saturated heterocycles. The average molecular weight is 353 g/mol. The third-order valence-electron chi connectivity index (χ3n) is 4.39. The average Bonchev–Trinajstić information content (AvgIpc) is 3.06. The Balaban J connectivity index is 1.60. The van der Waals surface area contributed by atoms with E-state index in [2.05, 4.69) is 40.8 Å². The van der Waals surface area contributed by atoms with Gasteiger partial charge in [0.2, 0.25) is 5.91 Å². The highest BCUT2D eigenvalue weighted by atomic mass is 32.1. The molecule has 1 aromatic rings. The van der Waals surface area contributed by atoms with E-state index in [0.29, 0.717) is 26.1 Å². The summed E-state index contributed by atoms with van der Waals surface area (Å²) in [7, 11) is 0. The first-order valence-electron chi connectivity index (χ1n) is 8.71. The third-order valence-corrected chi connectivity index (χ3v) is 5.42. The molecule has 0 atom stereocenters. The zero-order valence-corrected chi connectivity index (χ0v) is 15.5. The highest BCUT2D eigenvalue weighted by Crippen LogP contribution is 2.24. The SMILES string of the molecule is CCN(CC)CCNC(=O)NCCC(=O)N1CCc2sccc2C1. The highest BCUT2D eigenvalue weighted by molar-refractivity contribution is 7.10. The number of carbonyl (C=O) groups is 2. The first-order valence-corrected chi connectivity index (χ1v) is 9.59. The van der Waals surface area contributed by atoms with Gasteiger partial charge in [-0.25, -0.2) is 4.79 Å². The van der Waals surface area contributed by atoms with Crippen LogP contribution in [0.3, 0.4) is 0 Å². The van der Waals surface area contributed by atoms with Crippen molar-refractivity contribution in [2.45, 2.75) is 33.2 Å². The number of likely N-dealkylation sites (N-methyl/N-ethyl adjacent to an activating group) is 1. The van der Waals surface area contributed by atoms with E-state index in [4.69, 9.17) is 0 Å². The van der Waals surface area contributed by atoms with Crippen molar-refractivity contribution in [1.29, 1.82) is 0 Å². The lowest BCUT2D eigenvalue weighted by molar-refractivity contribution is -0.131. The fourth-order valence-electron chi connectivity index (χ4n) is 2.83. The van der Waals surface area contributed by atoms with Crippen LogP contribution in [-0.4, -0.2) is 61.0 Å². The molecule has 6 nitrogen and oxygen atoms in total. The number of rotatable bonds is 8. The lowest BCUT2D eigenvalue weighted by Crippen LogP contribution is -2.42. The van der Waals surface area contributed by atoms with Gasteiger partial charge in [0.15, 0.2) is 0 Å². The summed E-state index contributed by atoms with van der Waals surface area (Å²) in [5, 5.41) is 7.68. The summed E-state index contributed by atoms with van der Waals surface area (Å²) in [6.07, 6.45) is 1.29. The number of amides is 3. The second-order valence-corrected chi connectivity index (χ2v) is 6.89. The van der Waals surface area contributed by atoms with Gasteiger partial charge in [0.1, 0.15) is 0 Å². The standard InChI is InChI=1S/C17H28N4O2S/c1-3-20(4-2)11-9-19-17(23)18-8-5-16(22)21-10-6-15-14(13-21)7-12-24-15/h7,12H,3-6,8-11,13H2,1-2H3,(H2,18,19,23). The summed E-state index contributed by atoms with van der Waals surface area (Å²) in [4.78, 5) is 29.5. The van der Waals surface area contributed by atoms with Crippen LogP contribution in [0.4, 0.5) is 4.79 Å². The number of urea groups is 1. The van der Waals surface area contributed by atoms with Gasteiger partial charge in [-0.05, 0) is 36.5 Å². The Kier molecular flexibility index (Phi) is 7.52. The summed E-state index contributed by atoms with van der Waals surface area (Å²) in [6.45, 7) is 9.50. The van der Waals surface area contributed by atoms with Crippen molar-refractivity contribution in [3.63, 3.8) is 0 Å². The van der Waals surface area contributed by atoms with E-state index < -0.39 is 0 Å². The van der Waals surface area contributed by atoms with Gasteiger partial charge in [-0.15, -0.1) is 11.3 Å². The Hall–Kier alpha value is -1.60. The van der Waals surface area contributed by atoms with Gasteiger partial charge >= 0.3 is 6.03 Å². The molecule has 2 heterocycles. The number of nitrogens with one attached hydrogen (secondary N) is 2. The molecule has 1 aliphatic rings. The molecule has 0 aliphatic carbocycles. The molecule has 7 heteroatoms. The molecule has 0 spiro atoms. The maximum atomic E-state index is 12.2. The molecular formula is C17H28N4O2S. The maximum Gasteiger partial charge on any atom is 0.314 e. The van der Waals surface area contributed by atoms with Crippen LogP contribution in [0.5, 0.6) is 0 Å². The predicted octanol–water partition coefficient (Wildman–Crippen LogP) is 1.66. The van der Waals surface area contributed by atoms with Gasteiger partial charge in [0.05, 0.1) is 0 Å². The molecule has 0 fully saturated rings. The lowest BCUT2D eigenvalue weighted by atomic mass is 10.1. The minimum absolute atomic E-state index is 0.107. The zero-order chi connectivity index (χ0) is 17.4. The summed E-state index contributed by atoms with van der Waals surface area (Å²) in [5.41, 5.74) is 1.27. The molecule has 134 valence electrons. The van der Waals surface area contributed by atoms with Crippen LogP contribution < -0.4 is 10.6 Å². The molecule has 24 heavy (non-hydrogen) atoms. The lowest BCUT2D eigenvalue weighted by Gasteiger charge is -2.27. The third kappa shape index (κ3) is 5.49. The van der Waals surface area contributed by atoms with Gasteiger partial charge in [0.25, 0.3) is 0 Å². The van der Waals surface area contributed by atoms with Gasteiger partial charge < -0.3 is 20.4 Å². The molecule has 0 bridgehead atoms. The van der Waals surface area contributed by atoms with Crippen LogP contribution in [0.2, 0.25) is 0 Å². The van der Waals surface area contributed by atoms with Gasteiger partial charge in [-0.2, -0.15) is 0 Å². The summed E-state index contributed by atoms with van der Waals surface area (Å²) in [5.74, 6) is 0.107. The second-order valence-electron chi connectivity index (χ2n) is 5.89. The molecule has 1 aromatic heterocycles. The normalized spacial score (nSPS) is 13.7. The Morgan fingerprint density at radius 1 is 1.25 bits per heavy atom. The van der Waals surface area contributed by atoms with Gasteiger partial charge in [-0.3, -0.25) is 4.79 Å². The monoisotopic (exact) mass is 352 g/mol. The summed E-state index contributed by atoms with van der Waals surface area (Å²) < 4.78 is 0. The quantitative estimate of drug-likeness (QED) is 0.748. The van der Waals surface area contributed by atoms with Crippen molar-refractivity contribution in [2.24, 2.45) is 0 Å². The zero-order valence-electron chi connectivity index (χ0n) is 14.6. The van der Waals surface area contributed by atoms with Crippen molar-refractivity contribution in [3.05, 3.63) is 21.9 Å². The molecule has 3 amide bonds. The van der Waals surface area contributed by atoms with E-state index in [0.717, 1.165) is 32.6 Å². The minimum atomic E-state index is -0.200. The fourth-order valence-corrected chi connectivity index (χ4v) is 3.72. The molecule has 2 rings (SSSR count). The van der Waals surface area contributed by atoms with Crippen LogP contribution in [0, 0.1) is 0 Å². The van der Waals surface area contributed by atoms with Crippen LogP contribution in [-0.2, 0) is 17.8 Å². The first-order chi connectivity index (χ1) is 11.6. The van der Waals surface area contributed by atoms with Crippen LogP contribution in [0.25, 0.3) is 0 Å². The summed E-state index contributed by atoms with van der Waals surface area (Å²) >= 11 is 1.77. The number of thiophene rings is 1. The van der Waals surface area contributed by atoms with E-state index in [1.54, 1.807) is 11.3 Å². The van der Waals surface area contributed by atoms with Crippen molar-refractivity contribution >= 4 is 23.3 Å². The van der Waals surface area contributed by atoms with Gasteiger partial charge in [-0.1, -0.05) is 13.8 Å². The molecule has 2 N–H and O–H groups in total. The number of nitrogens with zero attached hydrogens (tertiary/aromatic N) is 2. The van der Waals surface area contributed by atoms with Crippen LogP contribution in [0.1, 0.15) is 30.7 Å². The fraction of sp³-hybridized carbons (Fsp3) is 0.647. The first kappa shape index (κ1) is 18.7. The van der Waals surface area contributed by atoms with Crippen LogP contribution >= 0.6 is 11.3 Å². The number of carbonyl (C=O) groups excluding carboxylic acids is 2. The molecule has 0 radical (unpaired) electrons. The topological polar surface area (TPSA) is 64.7 Å². The van der Waals surface area contributed by atoms with E-state index in [1.807, 2.05) is 4.90 Å². The Morgan fingerprint density at radius 3 is 2.75 bits per heavy atom. The Labute approximate surface area is 148 Å². The number of hydrogen-bond donors (Lipinski definition) is 2. The second kappa shape index (κ2) is 9.64. The highest BCUT2D eigenvalue weighted by Gasteiger charge is 2.21. The number of fused-ring (bicyclic) bond motifs is 1. The van der Waals surface area contributed by atoms with Crippen LogP contribution in [0.15, 0.2) is 11.4 Å². The summed E-state index contributed by atoms with van der Waals surface area (Å²) in [6, 6.07) is 1.90. The van der Waals surface area contributed by atoms with E-state index in [9.17, 15) is 9.59 Å². The molecule has 0 saturated carbocycles. The maximum absolute atomic E-state index is 12.2. The smallest absolute Gasteiger partial charge is 0.314 e. The molecular weight excluding hydrogens is 324 g/mol.